The molecule has 0 aliphatic heterocycles. The van der Waals surface area contributed by atoms with Crippen molar-refractivity contribution in [1.82, 2.24) is 10.3 Å². The second kappa shape index (κ2) is 5.22. The van der Waals surface area contributed by atoms with Crippen molar-refractivity contribution in [2.45, 2.75) is 13.0 Å². The molecule has 62 valence electrons. The molecule has 2 N–H and O–H groups in total. The van der Waals surface area contributed by atoms with E-state index in [1.54, 1.807) is 0 Å². The van der Waals surface area contributed by atoms with E-state index in [1.165, 1.54) is 5.69 Å². The Morgan fingerprint density at radius 1 is 1.55 bits per heavy atom. The highest BCUT2D eigenvalue weighted by Crippen LogP contribution is 1.92. The molecule has 1 heterocycles. The Kier molecular flexibility index (Phi) is 4.09. The fourth-order valence-electron chi connectivity index (χ4n) is 0.892. The quantitative estimate of drug-likeness (QED) is 0.514. The smallest absolute Gasteiger partial charge is 0.0357 e. The van der Waals surface area contributed by atoms with Crippen LogP contribution in [0.4, 0.5) is 0 Å². The van der Waals surface area contributed by atoms with Crippen molar-refractivity contribution >= 4 is 11.6 Å². The minimum Gasteiger partial charge on any atom is -0.364 e. The molecule has 0 atom stereocenters. The molecule has 0 amide bonds. The van der Waals surface area contributed by atoms with Crippen LogP contribution in [0.3, 0.4) is 0 Å². The summed E-state index contributed by atoms with van der Waals surface area (Å²) < 4.78 is 0. The van der Waals surface area contributed by atoms with Gasteiger partial charge in [0, 0.05) is 24.3 Å². The Bertz CT molecular complexity index is 172. The molecular weight excluding hydrogens is 160 g/mol. The van der Waals surface area contributed by atoms with Gasteiger partial charge in [0.15, 0.2) is 0 Å². The van der Waals surface area contributed by atoms with Gasteiger partial charge in [-0.1, -0.05) is 0 Å². The Balaban J connectivity index is 2.04. The van der Waals surface area contributed by atoms with E-state index in [2.05, 4.69) is 16.4 Å². The zero-order valence-corrected chi connectivity index (χ0v) is 7.19. The first-order valence-electron chi connectivity index (χ1n) is 3.82. The second-order valence-corrected chi connectivity index (χ2v) is 2.79. The number of aromatic nitrogens is 1. The Morgan fingerprint density at radius 3 is 3.09 bits per heavy atom. The standard InChI is InChI=1S/C8H13ClN2/c9-4-2-5-10-7-8-3-1-6-11-8/h1,3,6,10-11H,2,4-5,7H2. The molecule has 0 unspecified atom stereocenters. The molecule has 11 heavy (non-hydrogen) atoms. The van der Waals surface area contributed by atoms with E-state index in [0.717, 1.165) is 25.4 Å². The van der Waals surface area contributed by atoms with Gasteiger partial charge in [-0.3, -0.25) is 0 Å². The Hall–Kier alpha value is -0.470. The van der Waals surface area contributed by atoms with Gasteiger partial charge in [-0.05, 0) is 25.1 Å². The predicted octanol–water partition coefficient (Wildman–Crippen LogP) is 1.73. The summed E-state index contributed by atoms with van der Waals surface area (Å²) in [5.41, 5.74) is 1.22. The largest absolute Gasteiger partial charge is 0.364 e. The van der Waals surface area contributed by atoms with Crippen molar-refractivity contribution in [2.24, 2.45) is 0 Å². The lowest BCUT2D eigenvalue weighted by Gasteiger charge is -1.99. The molecule has 1 aromatic rings. The van der Waals surface area contributed by atoms with E-state index in [0.29, 0.717) is 0 Å². The van der Waals surface area contributed by atoms with Crippen LogP contribution in [0.2, 0.25) is 0 Å². The molecule has 1 aromatic heterocycles. The van der Waals surface area contributed by atoms with Crippen LogP contribution in [0.5, 0.6) is 0 Å². The van der Waals surface area contributed by atoms with E-state index in [-0.39, 0.29) is 0 Å². The van der Waals surface area contributed by atoms with Gasteiger partial charge in [0.2, 0.25) is 0 Å². The van der Waals surface area contributed by atoms with E-state index in [9.17, 15) is 0 Å². The van der Waals surface area contributed by atoms with Crippen LogP contribution in [-0.4, -0.2) is 17.4 Å². The molecule has 0 saturated carbocycles. The zero-order chi connectivity index (χ0) is 7.94. The molecule has 0 fully saturated rings. The van der Waals surface area contributed by atoms with Gasteiger partial charge in [-0.2, -0.15) is 0 Å². The molecule has 0 bridgehead atoms. The maximum Gasteiger partial charge on any atom is 0.0357 e. The minimum atomic E-state index is 0.734. The van der Waals surface area contributed by atoms with Crippen LogP contribution in [0.15, 0.2) is 18.3 Å². The summed E-state index contributed by atoms with van der Waals surface area (Å²) in [5, 5.41) is 3.27. The number of alkyl halides is 1. The number of nitrogens with one attached hydrogen (secondary N) is 2. The van der Waals surface area contributed by atoms with Crippen molar-refractivity contribution in [1.29, 1.82) is 0 Å². The number of hydrogen-bond donors (Lipinski definition) is 2. The molecule has 0 saturated heterocycles. The molecule has 0 aliphatic carbocycles. The SMILES string of the molecule is ClCCCNCc1ccc[nH]1. The Morgan fingerprint density at radius 2 is 2.45 bits per heavy atom. The monoisotopic (exact) mass is 172 g/mol. The second-order valence-electron chi connectivity index (χ2n) is 2.41. The predicted molar refractivity (Wildman–Crippen MR) is 47.8 cm³/mol. The lowest BCUT2D eigenvalue weighted by molar-refractivity contribution is 0.669. The first-order valence-corrected chi connectivity index (χ1v) is 4.36. The lowest BCUT2D eigenvalue weighted by Crippen LogP contribution is -2.15. The van der Waals surface area contributed by atoms with Gasteiger partial charge in [0.05, 0.1) is 0 Å². The van der Waals surface area contributed by atoms with Crippen LogP contribution in [0.25, 0.3) is 0 Å². The zero-order valence-electron chi connectivity index (χ0n) is 6.44. The van der Waals surface area contributed by atoms with Gasteiger partial charge in [0.1, 0.15) is 0 Å². The summed E-state index contributed by atoms with van der Waals surface area (Å²) in [6, 6.07) is 4.06. The summed E-state index contributed by atoms with van der Waals surface area (Å²) in [5.74, 6) is 0.734. The molecule has 1 rings (SSSR count). The summed E-state index contributed by atoms with van der Waals surface area (Å²) in [7, 11) is 0. The summed E-state index contributed by atoms with van der Waals surface area (Å²) in [6.07, 6.45) is 2.96. The molecule has 3 heteroatoms. The van der Waals surface area contributed by atoms with Crippen molar-refractivity contribution in [3.05, 3.63) is 24.0 Å². The van der Waals surface area contributed by atoms with Crippen LogP contribution in [0, 0.1) is 0 Å². The van der Waals surface area contributed by atoms with Crippen molar-refractivity contribution in [3.63, 3.8) is 0 Å². The van der Waals surface area contributed by atoms with Crippen molar-refractivity contribution < 1.29 is 0 Å². The molecule has 0 aliphatic rings. The third-order valence-corrected chi connectivity index (χ3v) is 1.73. The fourth-order valence-corrected chi connectivity index (χ4v) is 1.03. The van der Waals surface area contributed by atoms with Crippen LogP contribution >= 0.6 is 11.6 Å². The van der Waals surface area contributed by atoms with E-state index >= 15 is 0 Å². The normalized spacial score (nSPS) is 10.3. The number of hydrogen-bond acceptors (Lipinski definition) is 1. The highest BCUT2D eigenvalue weighted by molar-refractivity contribution is 6.17. The number of rotatable bonds is 5. The summed E-state index contributed by atoms with van der Waals surface area (Å²) in [4.78, 5) is 3.12. The molecule has 0 spiro atoms. The van der Waals surface area contributed by atoms with Gasteiger partial charge in [-0.25, -0.2) is 0 Å². The maximum atomic E-state index is 5.51. The minimum absolute atomic E-state index is 0.734. The third kappa shape index (κ3) is 3.44. The highest BCUT2D eigenvalue weighted by atomic mass is 35.5. The average molecular weight is 173 g/mol. The van der Waals surface area contributed by atoms with Gasteiger partial charge in [-0.15, -0.1) is 11.6 Å². The Labute approximate surface area is 72.0 Å². The summed E-state index contributed by atoms with van der Waals surface area (Å²) >= 11 is 5.51. The topological polar surface area (TPSA) is 27.8 Å². The molecular formula is C8H13ClN2. The van der Waals surface area contributed by atoms with Gasteiger partial charge >= 0.3 is 0 Å². The highest BCUT2D eigenvalue weighted by Gasteiger charge is 1.90. The summed E-state index contributed by atoms with van der Waals surface area (Å²) in [6.45, 7) is 1.90. The van der Waals surface area contributed by atoms with Crippen LogP contribution in [0.1, 0.15) is 12.1 Å². The average Bonchev–Trinajstić information content (AvgIpc) is 2.50. The van der Waals surface area contributed by atoms with Crippen LogP contribution in [-0.2, 0) is 6.54 Å². The van der Waals surface area contributed by atoms with E-state index < -0.39 is 0 Å². The van der Waals surface area contributed by atoms with E-state index in [1.807, 2.05) is 12.3 Å². The first kappa shape index (κ1) is 8.62. The van der Waals surface area contributed by atoms with Crippen LogP contribution < -0.4 is 5.32 Å². The third-order valence-electron chi connectivity index (χ3n) is 1.46. The van der Waals surface area contributed by atoms with Crippen molar-refractivity contribution in [2.75, 3.05) is 12.4 Å². The number of halogens is 1. The number of H-pyrrole nitrogens is 1. The lowest BCUT2D eigenvalue weighted by atomic mass is 10.4. The van der Waals surface area contributed by atoms with Gasteiger partial charge < -0.3 is 10.3 Å². The molecule has 0 radical (unpaired) electrons. The van der Waals surface area contributed by atoms with Gasteiger partial charge in [0.25, 0.3) is 0 Å². The van der Waals surface area contributed by atoms with E-state index in [4.69, 9.17) is 11.6 Å². The molecule has 0 aromatic carbocycles. The van der Waals surface area contributed by atoms with Crippen molar-refractivity contribution in [3.8, 4) is 0 Å². The maximum absolute atomic E-state index is 5.51. The first-order chi connectivity index (χ1) is 5.43. The molecule has 2 nitrogen and oxygen atoms in total. The fraction of sp³-hybridized carbons (Fsp3) is 0.500. The number of aromatic amines is 1.